The smallest absolute Gasteiger partial charge is 0.165 e. The highest BCUT2D eigenvalue weighted by molar-refractivity contribution is 5.96. The van der Waals surface area contributed by atoms with Gasteiger partial charge in [0.15, 0.2) is 5.65 Å². The first-order valence-electron chi connectivity index (χ1n) is 8.39. The Morgan fingerprint density at radius 1 is 0.808 bits per heavy atom. The predicted molar refractivity (Wildman–Crippen MR) is 103 cm³/mol. The molecule has 124 valence electrons. The summed E-state index contributed by atoms with van der Waals surface area (Å²) in [6.45, 7) is 0. The number of aromatic nitrogens is 4. The minimum Gasteiger partial charge on any atom is -0.340 e. The van der Waals surface area contributed by atoms with E-state index in [2.05, 4.69) is 33.6 Å². The Balaban J connectivity index is 1.65. The number of hydrogen-bond donors (Lipinski definition) is 1. The van der Waals surface area contributed by atoms with Crippen molar-refractivity contribution in [1.82, 2.24) is 19.6 Å². The van der Waals surface area contributed by atoms with Gasteiger partial charge in [0.1, 0.15) is 5.82 Å². The van der Waals surface area contributed by atoms with Crippen molar-refractivity contribution in [3.05, 3.63) is 85.3 Å². The van der Waals surface area contributed by atoms with Gasteiger partial charge in [-0.15, -0.1) is 0 Å². The highest BCUT2D eigenvalue weighted by Gasteiger charge is 2.12. The van der Waals surface area contributed by atoms with Crippen LogP contribution in [0.4, 0.5) is 11.5 Å². The zero-order valence-electron chi connectivity index (χ0n) is 13.9. The highest BCUT2D eigenvalue weighted by Crippen LogP contribution is 2.30. The lowest BCUT2D eigenvalue weighted by molar-refractivity contribution is 0.941. The third-order valence-electron chi connectivity index (χ3n) is 4.34. The first kappa shape index (κ1) is 14.6. The number of para-hydroxylation sites is 2. The molecule has 3 heterocycles. The van der Waals surface area contributed by atoms with Crippen LogP contribution in [0.15, 0.2) is 85.3 Å². The summed E-state index contributed by atoms with van der Waals surface area (Å²) in [5.74, 6) is 0.777. The lowest BCUT2D eigenvalue weighted by atomic mass is 10.0. The van der Waals surface area contributed by atoms with Gasteiger partial charge >= 0.3 is 0 Å². The summed E-state index contributed by atoms with van der Waals surface area (Å²) in [6, 6.07) is 22.1. The van der Waals surface area contributed by atoms with Gasteiger partial charge in [-0.1, -0.05) is 42.5 Å². The van der Waals surface area contributed by atoms with E-state index in [-0.39, 0.29) is 0 Å². The van der Waals surface area contributed by atoms with Crippen LogP contribution >= 0.6 is 0 Å². The SMILES string of the molecule is c1ccc(Nc2ccn3ncc(-c4cccc5cccnc45)c3n2)cc1. The quantitative estimate of drug-likeness (QED) is 0.519. The van der Waals surface area contributed by atoms with Crippen LogP contribution in [0.1, 0.15) is 0 Å². The van der Waals surface area contributed by atoms with Crippen molar-refractivity contribution in [1.29, 1.82) is 0 Å². The Bertz CT molecular complexity index is 1210. The molecule has 5 nitrogen and oxygen atoms in total. The Labute approximate surface area is 150 Å². The molecule has 0 bridgehead atoms. The molecule has 0 aliphatic heterocycles. The number of nitrogens with zero attached hydrogens (tertiary/aromatic N) is 4. The van der Waals surface area contributed by atoms with Gasteiger partial charge in [0.25, 0.3) is 0 Å². The number of rotatable bonds is 3. The molecule has 5 heteroatoms. The van der Waals surface area contributed by atoms with Crippen molar-refractivity contribution in [3.8, 4) is 11.1 Å². The van der Waals surface area contributed by atoms with Crippen LogP contribution in [0.5, 0.6) is 0 Å². The van der Waals surface area contributed by atoms with E-state index in [9.17, 15) is 0 Å². The lowest BCUT2D eigenvalue weighted by Gasteiger charge is -2.07. The molecule has 0 radical (unpaired) electrons. The van der Waals surface area contributed by atoms with Gasteiger partial charge in [0.2, 0.25) is 0 Å². The molecule has 0 saturated carbocycles. The third kappa shape index (κ3) is 2.46. The van der Waals surface area contributed by atoms with Gasteiger partial charge in [0, 0.05) is 34.6 Å². The van der Waals surface area contributed by atoms with E-state index in [0.29, 0.717) is 0 Å². The Morgan fingerprint density at radius 2 is 1.69 bits per heavy atom. The molecule has 3 aromatic heterocycles. The maximum absolute atomic E-state index is 4.78. The van der Waals surface area contributed by atoms with E-state index >= 15 is 0 Å². The fourth-order valence-corrected chi connectivity index (χ4v) is 3.12. The van der Waals surface area contributed by atoms with E-state index in [0.717, 1.165) is 39.2 Å². The normalized spacial score (nSPS) is 11.1. The second kappa shape index (κ2) is 5.97. The zero-order valence-corrected chi connectivity index (χ0v) is 13.9. The minimum absolute atomic E-state index is 0.777. The van der Waals surface area contributed by atoms with E-state index < -0.39 is 0 Å². The fourth-order valence-electron chi connectivity index (χ4n) is 3.12. The molecule has 1 N–H and O–H groups in total. The van der Waals surface area contributed by atoms with E-state index in [1.54, 1.807) is 4.52 Å². The second-order valence-electron chi connectivity index (χ2n) is 6.01. The van der Waals surface area contributed by atoms with Crippen LogP contribution in [0, 0.1) is 0 Å². The molecule has 0 spiro atoms. The van der Waals surface area contributed by atoms with Crippen molar-refractivity contribution in [2.24, 2.45) is 0 Å². The zero-order chi connectivity index (χ0) is 17.3. The van der Waals surface area contributed by atoms with Crippen molar-refractivity contribution in [2.75, 3.05) is 5.32 Å². The van der Waals surface area contributed by atoms with E-state index in [1.165, 1.54) is 0 Å². The van der Waals surface area contributed by atoms with Crippen LogP contribution in [0.3, 0.4) is 0 Å². The summed E-state index contributed by atoms with van der Waals surface area (Å²) in [5.41, 5.74) is 4.74. The summed E-state index contributed by atoms with van der Waals surface area (Å²) in [4.78, 5) is 9.33. The molecule has 0 unspecified atom stereocenters. The Kier molecular flexibility index (Phi) is 3.35. The molecular formula is C21H15N5. The average molecular weight is 337 g/mol. The second-order valence-corrected chi connectivity index (χ2v) is 6.01. The Hall–Kier alpha value is -3.73. The Morgan fingerprint density at radius 3 is 2.62 bits per heavy atom. The van der Waals surface area contributed by atoms with Crippen LogP contribution in [-0.4, -0.2) is 19.6 Å². The number of anilines is 2. The number of pyridine rings is 1. The first-order valence-corrected chi connectivity index (χ1v) is 8.39. The van der Waals surface area contributed by atoms with E-state index in [1.807, 2.05) is 67.1 Å². The molecule has 0 atom stereocenters. The largest absolute Gasteiger partial charge is 0.340 e. The van der Waals surface area contributed by atoms with Gasteiger partial charge in [-0.2, -0.15) is 5.10 Å². The minimum atomic E-state index is 0.777. The van der Waals surface area contributed by atoms with Gasteiger partial charge < -0.3 is 5.32 Å². The standard InChI is InChI=1S/C21H15N5/c1-2-8-16(9-3-1)24-19-11-13-26-21(25-19)18(14-23-26)17-10-4-6-15-7-5-12-22-20(15)17/h1-14H,(H,24,25). The van der Waals surface area contributed by atoms with E-state index in [4.69, 9.17) is 4.98 Å². The number of nitrogens with one attached hydrogen (secondary N) is 1. The molecule has 0 fully saturated rings. The molecule has 5 rings (SSSR count). The molecular weight excluding hydrogens is 322 g/mol. The molecule has 0 aliphatic carbocycles. The summed E-state index contributed by atoms with van der Waals surface area (Å²) in [7, 11) is 0. The van der Waals surface area contributed by atoms with Gasteiger partial charge in [0.05, 0.1) is 11.7 Å². The molecule has 0 aliphatic rings. The maximum atomic E-state index is 4.78. The van der Waals surface area contributed by atoms with Crippen LogP contribution < -0.4 is 5.32 Å². The van der Waals surface area contributed by atoms with Gasteiger partial charge in [-0.3, -0.25) is 4.98 Å². The maximum Gasteiger partial charge on any atom is 0.165 e. The number of benzene rings is 2. The highest BCUT2D eigenvalue weighted by atomic mass is 15.2. The van der Waals surface area contributed by atoms with Gasteiger partial charge in [-0.05, 0) is 24.3 Å². The van der Waals surface area contributed by atoms with Crippen molar-refractivity contribution >= 4 is 28.1 Å². The lowest BCUT2D eigenvalue weighted by Crippen LogP contribution is -1.97. The monoisotopic (exact) mass is 337 g/mol. The van der Waals surface area contributed by atoms with Crippen molar-refractivity contribution in [3.63, 3.8) is 0 Å². The van der Waals surface area contributed by atoms with Crippen molar-refractivity contribution in [2.45, 2.75) is 0 Å². The van der Waals surface area contributed by atoms with Crippen LogP contribution in [0.25, 0.3) is 27.7 Å². The molecule has 26 heavy (non-hydrogen) atoms. The number of hydrogen-bond acceptors (Lipinski definition) is 4. The van der Waals surface area contributed by atoms with Crippen LogP contribution in [-0.2, 0) is 0 Å². The summed E-state index contributed by atoms with van der Waals surface area (Å²) >= 11 is 0. The predicted octanol–water partition coefficient (Wildman–Crippen LogP) is 4.69. The summed E-state index contributed by atoms with van der Waals surface area (Å²) in [5, 5.41) is 8.88. The van der Waals surface area contributed by atoms with Crippen molar-refractivity contribution < 1.29 is 0 Å². The topological polar surface area (TPSA) is 55.1 Å². The third-order valence-corrected chi connectivity index (χ3v) is 4.34. The van der Waals surface area contributed by atoms with Gasteiger partial charge in [-0.25, -0.2) is 9.50 Å². The average Bonchev–Trinajstić information content (AvgIpc) is 3.11. The number of fused-ring (bicyclic) bond motifs is 2. The summed E-state index contributed by atoms with van der Waals surface area (Å²) < 4.78 is 1.78. The molecule has 0 amide bonds. The van der Waals surface area contributed by atoms with Crippen LogP contribution in [0.2, 0.25) is 0 Å². The fraction of sp³-hybridized carbons (Fsp3) is 0. The molecule has 5 aromatic rings. The summed E-state index contributed by atoms with van der Waals surface area (Å²) in [6.07, 6.45) is 5.57. The molecule has 0 saturated heterocycles. The molecule has 2 aromatic carbocycles. The first-order chi connectivity index (χ1) is 12.9.